The van der Waals surface area contributed by atoms with Crippen LogP contribution in [0.4, 0.5) is 0 Å². The van der Waals surface area contributed by atoms with Gasteiger partial charge in [-0.1, -0.05) is 23.7 Å². The van der Waals surface area contributed by atoms with E-state index in [0.717, 1.165) is 5.56 Å². The molecule has 9 heteroatoms. The average Bonchev–Trinajstić information content (AvgIpc) is 2.53. The Morgan fingerprint density at radius 3 is 2.62 bits per heavy atom. The van der Waals surface area contributed by atoms with Crippen molar-refractivity contribution in [1.29, 1.82) is 0 Å². The largest absolute Gasteiger partial charge is 0.375 e. The monoisotopic (exact) mass is 517 g/mol. The van der Waals surface area contributed by atoms with Gasteiger partial charge in [0.2, 0.25) is 0 Å². The maximum atomic E-state index is 11.3. The summed E-state index contributed by atoms with van der Waals surface area (Å²) >= 11 is 6.03. The van der Waals surface area contributed by atoms with Gasteiger partial charge in [-0.15, -0.1) is 24.0 Å². The van der Waals surface area contributed by atoms with Crippen molar-refractivity contribution in [3.63, 3.8) is 0 Å². The molecular weight excluding hydrogens is 489 g/mol. The van der Waals surface area contributed by atoms with Crippen LogP contribution in [0, 0.1) is 0 Å². The molecule has 1 rings (SSSR count). The van der Waals surface area contributed by atoms with Gasteiger partial charge in [-0.05, 0) is 38.0 Å². The highest BCUT2D eigenvalue weighted by molar-refractivity contribution is 14.0. The molecule has 2 unspecified atom stereocenters. The van der Waals surface area contributed by atoms with Gasteiger partial charge in [0, 0.05) is 31.0 Å². The molecule has 26 heavy (non-hydrogen) atoms. The number of hydrogen-bond acceptors (Lipinski definition) is 4. The lowest BCUT2D eigenvalue weighted by Crippen LogP contribution is -2.43. The maximum absolute atomic E-state index is 11.3. The molecule has 1 aromatic rings. The van der Waals surface area contributed by atoms with Crippen LogP contribution in [0.1, 0.15) is 31.9 Å². The van der Waals surface area contributed by atoms with Gasteiger partial charge in [-0.2, -0.15) is 0 Å². The molecule has 0 aliphatic carbocycles. The normalized spacial score (nSPS) is 14.3. The molecule has 0 aromatic heterocycles. The highest BCUT2D eigenvalue weighted by Gasteiger charge is 2.13. The fraction of sp³-hybridized carbons (Fsp3) is 0.588. The minimum atomic E-state index is -2.97. The molecule has 0 radical (unpaired) electrons. The van der Waals surface area contributed by atoms with E-state index in [4.69, 9.17) is 16.3 Å². The van der Waals surface area contributed by atoms with Crippen molar-refractivity contribution < 1.29 is 13.2 Å². The molecule has 0 aliphatic heterocycles. The fourth-order valence-corrected chi connectivity index (χ4v) is 3.19. The Kier molecular flexibility index (Phi) is 12.5. The first kappa shape index (κ1) is 25.4. The van der Waals surface area contributed by atoms with E-state index in [1.807, 2.05) is 38.1 Å². The van der Waals surface area contributed by atoms with Crippen LogP contribution in [0.3, 0.4) is 0 Å². The van der Waals surface area contributed by atoms with Gasteiger partial charge in [0.25, 0.3) is 0 Å². The Labute approximate surface area is 179 Å². The molecule has 0 aliphatic rings. The predicted molar refractivity (Wildman–Crippen MR) is 120 cm³/mol. The number of nitrogens with zero attached hydrogens (tertiary/aromatic N) is 1. The summed E-state index contributed by atoms with van der Waals surface area (Å²) < 4.78 is 28.1. The Morgan fingerprint density at radius 1 is 1.38 bits per heavy atom. The van der Waals surface area contributed by atoms with E-state index in [2.05, 4.69) is 15.6 Å². The van der Waals surface area contributed by atoms with Gasteiger partial charge in [0.15, 0.2) is 5.96 Å². The molecule has 6 nitrogen and oxygen atoms in total. The van der Waals surface area contributed by atoms with Crippen molar-refractivity contribution in [2.75, 3.05) is 32.2 Å². The first-order valence-electron chi connectivity index (χ1n) is 8.26. The van der Waals surface area contributed by atoms with E-state index in [0.29, 0.717) is 30.5 Å². The number of methoxy groups -OCH3 is 1. The zero-order valence-corrected chi connectivity index (χ0v) is 19.6. The molecule has 1 aromatic carbocycles. The summed E-state index contributed by atoms with van der Waals surface area (Å²) in [4.78, 5) is 4.55. The number of aliphatic imine (C=N–C) groups is 1. The van der Waals surface area contributed by atoms with Crippen molar-refractivity contribution in [1.82, 2.24) is 10.6 Å². The molecule has 0 saturated heterocycles. The van der Waals surface area contributed by atoms with E-state index in [1.165, 1.54) is 6.26 Å². The van der Waals surface area contributed by atoms with Crippen molar-refractivity contribution in [2.45, 2.75) is 32.4 Å². The third-order valence-corrected chi connectivity index (χ3v) is 4.78. The molecule has 0 spiro atoms. The van der Waals surface area contributed by atoms with Crippen LogP contribution in [0.25, 0.3) is 0 Å². The van der Waals surface area contributed by atoms with Crippen molar-refractivity contribution >= 4 is 51.4 Å². The molecule has 2 N–H and O–H groups in total. The molecule has 0 saturated carbocycles. The molecule has 150 valence electrons. The third kappa shape index (κ3) is 10.5. The van der Waals surface area contributed by atoms with Gasteiger partial charge >= 0.3 is 0 Å². The van der Waals surface area contributed by atoms with Gasteiger partial charge in [0.05, 0.1) is 12.3 Å². The van der Waals surface area contributed by atoms with E-state index < -0.39 is 9.84 Å². The smallest absolute Gasteiger partial charge is 0.191 e. The van der Waals surface area contributed by atoms with Crippen molar-refractivity contribution in [3.05, 3.63) is 34.9 Å². The van der Waals surface area contributed by atoms with Gasteiger partial charge in [-0.3, -0.25) is 4.99 Å². The van der Waals surface area contributed by atoms with Crippen LogP contribution in [-0.4, -0.2) is 52.6 Å². The fourth-order valence-electron chi connectivity index (χ4n) is 2.21. The number of rotatable bonds is 9. The lowest BCUT2D eigenvalue weighted by Gasteiger charge is -2.19. The number of sulfone groups is 1. The molecule has 0 heterocycles. The first-order chi connectivity index (χ1) is 11.7. The topological polar surface area (TPSA) is 79.8 Å². The summed E-state index contributed by atoms with van der Waals surface area (Å²) in [6.07, 6.45) is 1.55. The second-order valence-corrected chi connectivity index (χ2v) is 8.66. The second-order valence-electron chi connectivity index (χ2n) is 5.96. The zero-order chi connectivity index (χ0) is 18.9. The molecule has 0 fully saturated rings. The summed E-state index contributed by atoms with van der Waals surface area (Å²) in [5.74, 6) is 0.775. The van der Waals surface area contributed by atoms with Gasteiger partial charge in [-0.25, -0.2) is 8.42 Å². The lowest BCUT2D eigenvalue weighted by atomic mass is 10.1. The van der Waals surface area contributed by atoms with Crippen LogP contribution in [-0.2, 0) is 14.6 Å². The second kappa shape index (κ2) is 12.7. The number of hydrogen-bond donors (Lipinski definition) is 2. The van der Waals surface area contributed by atoms with E-state index >= 15 is 0 Å². The zero-order valence-electron chi connectivity index (χ0n) is 15.7. The lowest BCUT2D eigenvalue weighted by molar-refractivity contribution is 0.111. The molecule has 0 bridgehead atoms. The van der Waals surface area contributed by atoms with Crippen LogP contribution in [0.2, 0.25) is 5.02 Å². The average molecular weight is 518 g/mol. The number of ether oxygens (including phenoxy) is 1. The van der Waals surface area contributed by atoms with Crippen molar-refractivity contribution in [3.8, 4) is 0 Å². The molecular formula is C17H29ClIN3O3S. The minimum Gasteiger partial charge on any atom is -0.375 e. The number of nitrogens with one attached hydrogen (secondary N) is 2. The number of halogens is 2. The first-order valence-corrected chi connectivity index (χ1v) is 10.7. The Hall–Kier alpha value is -0.580. The summed E-state index contributed by atoms with van der Waals surface area (Å²) in [6.45, 7) is 5.04. The van der Waals surface area contributed by atoms with Crippen LogP contribution in [0.15, 0.2) is 29.3 Å². The van der Waals surface area contributed by atoms with Gasteiger partial charge in [0.1, 0.15) is 15.9 Å². The standard InChI is InChI=1S/C17H28ClN3O3S.HI/c1-5-19-17(21-13(2)9-10-25(4,22)23)20-12-16(24-3)14-7-6-8-15(18)11-14;/h6-8,11,13,16H,5,9-10,12H2,1-4H3,(H2,19,20,21);1H. The van der Waals surface area contributed by atoms with Gasteiger partial charge < -0.3 is 15.4 Å². The third-order valence-electron chi connectivity index (χ3n) is 3.57. The predicted octanol–water partition coefficient (Wildman–Crippen LogP) is 3.02. The van der Waals surface area contributed by atoms with E-state index in [9.17, 15) is 8.42 Å². The summed E-state index contributed by atoms with van der Waals surface area (Å²) in [6, 6.07) is 7.49. The van der Waals surface area contributed by atoms with Crippen LogP contribution < -0.4 is 10.6 Å². The SMILES string of the molecule is CCNC(=NCC(OC)c1cccc(Cl)c1)NC(C)CCS(C)(=O)=O.I. The summed E-state index contributed by atoms with van der Waals surface area (Å²) in [7, 11) is -1.33. The Morgan fingerprint density at radius 2 is 2.08 bits per heavy atom. The summed E-state index contributed by atoms with van der Waals surface area (Å²) in [5.41, 5.74) is 0.958. The van der Waals surface area contributed by atoms with Crippen LogP contribution >= 0.6 is 35.6 Å². The number of benzene rings is 1. The van der Waals surface area contributed by atoms with E-state index in [1.54, 1.807) is 7.11 Å². The quantitative estimate of drug-likeness (QED) is 0.299. The highest BCUT2D eigenvalue weighted by Crippen LogP contribution is 2.20. The Bertz CT molecular complexity index is 671. The highest BCUT2D eigenvalue weighted by atomic mass is 127. The minimum absolute atomic E-state index is 0. The maximum Gasteiger partial charge on any atom is 0.191 e. The molecule has 0 amide bonds. The van der Waals surface area contributed by atoms with Crippen molar-refractivity contribution in [2.24, 2.45) is 4.99 Å². The summed E-state index contributed by atoms with van der Waals surface area (Å²) in [5, 5.41) is 7.04. The van der Waals surface area contributed by atoms with Crippen LogP contribution in [0.5, 0.6) is 0 Å². The number of guanidine groups is 1. The Balaban J connectivity index is 0.00000625. The molecule has 2 atom stereocenters. The van der Waals surface area contributed by atoms with E-state index in [-0.39, 0.29) is 41.9 Å².